The van der Waals surface area contributed by atoms with Gasteiger partial charge in [0.2, 0.25) is 5.88 Å². The molecule has 2 heterocycles. The number of ether oxygens (including phenoxy) is 2. The first kappa shape index (κ1) is 21.2. The summed E-state index contributed by atoms with van der Waals surface area (Å²) in [7, 11) is 1.66. The van der Waals surface area contributed by atoms with E-state index in [0.717, 1.165) is 16.3 Å². The average Bonchev–Trinajstić information content (AvgIpc) is 2.51. The molecule has 0 bridgehead atoms. The number of carbonyl (C=O) groups excluding carboxylic acids is 1. The number of carbonyl (C=O) groups is 1. The second-order valence-corrected chi connectivity index (χ2v) is 8.39. The predicted molar refractivity (Wildman–Crippen MR) is 106 cm³/mol. The molecule has 0 aliphatic heterocycles. The molecule has 2 N–H and O–H groups in total. The number of amides is 1. The zero-order valence-corrected chi connectivity index (χ0v) is 17.4. The lowest BCUT2D eigenvalue weighted by Crippen LogP contribution is -2.36. The van der Waals surface area contributed by atoms with Crippen LogP contribution in [0.2, 0.25) is 5.15 Å². The van der Waals surface area contributed by atoms with Crippen molar-refractivity contribution in [1.29, 1.82) is 0 Å². The molecule has 2 aromatic heterocycles. The molecule has 0 saturated carbocycles. The van der Waals surface area contributed by atoms with Crippen LogP contribution in [0.5, 0.6) is 5.88 Å². The minimum absolute atomic E-state index is 0.256. The highest BCUT2D eigenvalue weighted by molar-refractivity contribution is 6.30. The number of rotatable bonds is 5. The summed E-state index contributed by atoms with van der Waals surface area (Å²) in [4.78, 5) is 22.0. The quantitative estimate of drug-likeness (QED) is 0.777. The molecule has 7 nitrogen and oxygen atoms in total. The SMILES string of the molecule is CN(CCOc1ncc(C(C)(C)N)c2cc(Cl)ncc12)C(=O)OC(C)(C)C. The summed E-state index contributed by atoms with van der Waals surface area (Å²) in [5.41, 5.74) is 5.96. The number of halogens is 1. The summed E-state index contributed by atoms with van der Waals surface area (Å²) >= 11 is 6.06. The molecule has 2 aromatic rings. The van der Waals surface area contributed by atoms with Gasteiger partial charge in [-0.2, -0.15) is 0 Å². The van der Waals surface area contributed by atoms with E-state index in [1.165, 1.54) is 4.90 Å². The first-order chi connectivity index (χ1) is 12.4. The Balaban J connectivity index is 2.15. The van der Waals surface area contributed by atoms with Crippen molar-refractivity contribution < 1.29 is 14.3 Å². The first-order valence-electron chi connectivity index (χ1n) is 8.69. The van der Waals surface area contributed by atoms with Crippen LogP contribution in [0.4, 0.5) is 4.79 Å². The summed E-state index contributed by atoms with van der Waals surface area (Å²) in [6, 6.07) is 1.75. The van der Waals surface area contributed by atoms with Gasteiger partial charge >= 0.3 is 6.09 Å². The molecule has 0 unspecified atom stereocenters. The minimum atomic E-state index is -0.592. The molecule has 0 spiro atoms. The van der Waals surface area contributed by atoms with Crippen LogP contribution in [0.1, 0.15) is 40.2 Å². The molecule has 0 atom stereocenters. The summed E-state index contributed by atoms with van der Waals surface area (Å²) in [5, 5.41) is 1.93. The molecule has 0 aliphatic carbocycles. The van der Waals surface area contributed by atoms with Crippen molar-refractivity contribution in [3.05, 3.63) is 29.2 Å². The van der Waals surface area contributed by atoms with Gasteiger partial charge in [0.1, 0.15) is 17.4 Å². The maximum Gasteiger partial charge on any atom is 0.410 e. The van der Waals surface area contributed by atoms with Crippen LogP contribution in [0.25, 0.3) is 10.8 Å². The summed E-state index contributed by atoms with van der Waals surface area (Å²) in [6.45, 7) is 9.87. The van der Waals surface area contributed by atoms with Crippen LogP contribution >= 0.6 is 11.6 Å². The third-order valence-corrected chi connectivity index (χ3v) is 3.97. The van der Waals surface area contributed by atoms with Crippen LogP contribution in [-0.4, -0.2) is 46.8 Å². The van der Waals surface area contributed by atoms with Crippen LogP contribution < -0.4 is 10.5 Å². The monoisotopic (exact) mass is 394 g/mol. The Morgan fingerprint density at radius 3 is 2.44 bits per heavy atom. The molecule has 1 amide bonds. The molecular formula is C19H27ClN4O3. The second-order valence-electron chi connectivity index (χ2n) is 8.00. The van der Waals surface area contributed by atoms with Crippen LogP contribution in [-0.2, 0) is 10.3 Å². The molecule has 8 heteroatoms. The third kappa shape index (κ3) is 5.68. The fourth-order valence-corrected chi connectivity index (χ4v) is 2.58. The first-order valence-corrected chi connectivity index (χ1v) is 9.07. The van der Waals surface area contributed by atoms with Gasteiger partial charge in [-0.3, -0.25) is 0 Å². The molecule has 27 heavy (non-hydrogen) atoms. The molecular weight excluding hydrogens is 368 g/mol. The fourth-order valence-electron chi connectivity index (χ4n) is 2.42. The van der Waals surface area contributed by atoms with Crippen LogP contribution in [0.15, 0.2) is 18.5 Å². The molecule has 2 rings (SSSR count). The number of aromatic nitrogens is 2. The van der Waals surface area contributed by atoms with Gasteiger partial charge in [0.25, 0.3) is 0 Å². The Bertz CT molecular complexity index is 828. The van der Waals surface area contributed by atoms with Crippen molar-refractivity contribution in [2.75, 3.05) is 20.2 Å². The second kappa shape index (κ2) is 7.86. The predicted octanol–water partition coefficient (Wildman–Crippen LogP) is 3.72. The highest BCUT2D eigenvalue weighted by Gasteiger charge is 2.22. The van der Waals surface area contributed by atoms with Gasteiger partial charge in [0.05, 0.1) is 11.9 Å². The van der Waals surface area contributed by atoms with Crippen molar-refractivity contribution >= 4 is 28.5 Å². The Morgan fingerprint density at radius 1 is 1.19 bits per heavy atom. The van der Waals surface area contributed by atoms with Crippen LogP contribution in [0.3, 0.4) is 0 Å². The Kier molecular flexibility index (Phi) is 6.17. The van der Waals surface area contributed by atoms with Gasteiger partial charge in [0, 0.05) is 25.0 Å². The topological polar surface area (TPSA) is 90.6 Å². The van der Waals surface area contributed by atoms with E-state index in [0.29, 0.717) is 17.6 Å². The lowest BCUT2D eigenvalue weighted by molar-refractivity contribution is 0.0277. The Morgan fingerprint density at radius 2 is 1.85 bits per heavy atom. The lowest BCUT2D eigenvalue weighted by atomic mass is 9.93. The molecule has 0 aliphatic rings. The van der Waals surface area contributed by atoms with Gasteiger partial charge in [-0.25, -0.2) is 14.8 Å². The minimum Gasteiger partial charge on any atom is -0.475 e. The molecule has 0 fully saturated rings. The van der Waals surface area contributed by atoms with Gasteiger partial charge < -0.3 is 20.1 Å². The van der Waals surface area contributed by atoms with E-state index in [-0.39, 0.29) is 6.61 Å². The van der Waals surface area contributed by atoms with E-state index in [4.69, 9.17) is 26.8 Å². The summed E-state index contributed by atoms with van der Waals surface area (Å²) in [5.74, 6) is 0.416. The van der Waals surface area contributed by atoms with E-state index in [9.17, 15) is 4.79 Å². The highest BCUT2D eigenvalue weighted by Crippen LogP contribution is 2.32. The highest BCUT2D eigenvalue weighted by atomic mass is 35.5. The lowest BCUT2D eigenvalue weighted by Gasteiger charge is -2.25. The number of nitrogens with two attached hydrogens (primary N) is 1. The normalized spacial score (nSPS) is 12.1. The van der Waals surface area contributed by atoms with Crippen LogP contribution in [0, 0.1) is 0 Å². The number of nitrogens with zero attached hydrogens (tertiary/aromatic N) is 3. The largest absolute Gasteiger partial charge is 0.475 e. The maximum atomic E-state index is 12.0. The number of hydrogen-bond donors (Lipinski definition) is 1. The zero-order chi connectivity index (χ0) is 20.4. The summed E-state index contributed by atoms with van der Waals surface area (Å²) < 4.78 is 11.1. The average molecular weight is 395 g/mol. The molecule has 0 radical (unpaired) electrons. The molecule has 148 valence electrons. The summed E-state index contributed by atoms with van der Waals surface area (Å²) in [6.07, 6.45) is 2.90. The van der Waals surface area contributed by atoms with E-state index in [1.807, 2.05) is 34.6 Å². The van der Waals surface area contributed by atoms with Gasteiger partial charge in [-0.05, 0) is 51.6 Å². The van der Waals surface area contributed by atoms with E-state index >= 15 is 0 Å². The number of pyridine rings is 2. The Labute approximate surface area is 164 Å². The zero-order valence-electron chi connectivity index (χ0n) is 16.7. The van der Waals surface area contributed by atoms with E-state index in [1.54, 1.807) is 25.5 Å². The standard InChI is InChI=1S/C19H27ClN4O3/c1-18(2,3)27-17(25)24(6)7-8-26-16-13-10-22-15(20)9-12(13)14(11-23-16)19(4,5)21/h9-11H,7-8,21H2,1-6H3. The van der Waals surface area contributed by atoms with E-state index in [2.05, 4.69) is 9.97 Å². The number of fused-ring (bicyclic) bond motifs is 1. The number of hydrogen-bond acceptors (Lipinski definition) is 6. The van der Waals surface area contributed by atoms with Gasteiger partial charge in [-0.15, -0.1) is 0 Å². The van der Waals surface area contributed by atoms with Crippen molar-refractivity contribution in [3.8, 4) is 5.88 Å². The smallest absolute Gasteiger partial charge is 0.410 e. The fraction of sp³-hybridized carbons (Fsp3) is 0.526. The van der Waals surface area contributed by atoms with Crippen molar-refractivity contribution in [2.24, 2.45) is 5.73 Å². The van der Waals surface area contributed by atoms with Crippen molar-refractivity contribution in [3.63, 3.8) is 0 Å². The Hall–Kier alpha value is -2.12. The van der Waals surface area contributed by atoms with Crippen molar-refractivity contribution in [1.82, 2.24) is 14.9 Å². The van der Waals surface area contributed by atoms with Crippen molar-refractivity contribution in [2.45, 2.75) is 45.8 Å². The molecule has 0 saturated heterocycles. The maximum absolute atomic E-state index is 12.0. The third-order valence-electron chi connectivity index (χ3n) is 3.77. The molecule has 0 aromatic carbocycles. The van der Waals surface area contributed by atoms with Gasteiger partial charge in [0.15, 0.2) is 0 Å². The van der Waals surface area contributed by atoms with Gasteiger partial charge in [-0.1, -0.05) is 11.6 Å². The van der Waals surface area contributed by atoms with E-state index < -0.39 is 17.2 Å². The number of likely N-dealkylation sites (N-methyl/N-ethyl adjacent to an activating group) is 1.